The summed E-state index contributed by atoms with van der Waals surface area (Å²) in [4.78, 5) is 26.0. The van der Waals surface area contributed by atoms with E-state index in [1.165, 1.54) is 28.6 Å². The molecule has 1 fully saturated rings. The predicted octanol–water partition coefficient (Wildman–Crippen LogP) is 3.95. The van der Waals surface area contributed by atoms with Crippen molar-refractivity contribution in [3.05, 3.63) is 94.0 Å². The van der Waals surface area contributed by atoms with Crippen molar-refractivity contribution in [3.63, 3.8) is 0 Å². The molecule has 3 aromatic rings. The molecule has 0 aliphatic carbocycles. The molecule has 4 rings (SSSR count). The summed E-state index contributed by atoms with van der Waals surface area (Å²) in [5, 5.41) is 2.77. The maximum atomic E-state index is 13.0. The number of nitrogens with zero attached hydrogens (tertiary/aromatic N) is 1. The average molecular weight is 529 g/mol. The Hall–Kier alpha value is -2.85. The van der Waals surface area contributed by atoms with E-state index in [0.717, 1.165) is 0 Å². The Morgan fingerprint density at radius 3 is 2.21 bits per heavy atom. The van der Waals surface area contributed by atoms with Crippen LogP contribution in [0.5, 0.6) is 0 Å². The molecule has 33 heavy (non-hydrogen) atoms. The summed E-state index contributed by atoms with van der Waals surface area (Å²) in [5.74, 6) is -0.672. The highest BCUT2D eigenvalue weighted by Crippen LogP contribution is 2.25. The first-order chi connectivity index (χ1) is 15.9. The van der Waals surface area contributed by atoms with Gasteiger partial charge in [-0.05, 0) is 42.5 Å². The summed E-state index contributed by atoms with van der Waals surface area (Å²) in [6.07, 6.45) is 0. The van der Waals surface area contributed by atoms with Crippen LogP contribution in [0.25, 0.3) is 0 Å². The second-order valence-electron chi connectivity index (χ2n) is 7.38. The molecule has 0 unspecified atom stereocenters. The Balaban J connectivity index is 1.55. The first-order valence-corrected chi connectivity index (χ1v) is 12.5. The van der Waals surface area contributed by atoms with Crippen LogP contribution in [0, 0.1) is 0 Å². The molecule has 0 saturated carbocycles. The van der Waals surface area contributed by atoms with Crippen LogP contribution in [0.4, 0.5) is 5.69 Å². The lowest BCUT2D eigenvalue weighted by Gasteiger charge is -2.26. The Bertz CT molecular complexity index is 1270. The number of sulfonamides is 1. The summed E-state index contributed by atoms with van der Waals surface area (Å²) in [6.45, 7) is 1.31. The van der Waals surface area contributed by atoms with Gasteiger partial charge in [0.25, 0.3) is 5.91 Å². The predicted molar refractivity (Wildman–Crippen MR) is 128 cm³/mol. The number of halogens is 1. The maximum Gasteiger partial charge on any atom is 0.255 e. The number of nitrogens with one attached hydrogen (secondary N) is 1. The van der Waals surface area contributed by atoms with E-state index in [9.17, 15) is 18.0 Å². The van der Waals surface area contributed by atoms with Crippen LogP contribution in [-0.2, 0) is 14.8 Å². The first kappa shape index (κ1) is 23.3. The van der Waals surface area contributed by atoms with Crippen molar-refractivity contribution in [3.8, 4) is 0 Å². The summed E-state index contributed by atoms with van der Waals surface area (Å²) >= 11 is 3.37. The van der Waals surface area contributed by atoms with Crippen LogP contribution in [-0.4, -0.2) is 50.7 Å². The summed E-state index contributed by atoms with van der Waals surface area (Å²) in [5.41, 5.74) is 1.48. The molecule has 1 heterocycles. The Morgan fingerprint density at radius 1 is 0.879 bits per heavy atom. The quantitative estimate of drug-likeness (QED) is 0.489. The molecule has 1 aliphatic heterocycles. The molecule has 1 aliphatic rings. The number of carbonyl (C=O) groups excluding carboxylic acids is 2. The van der Waals surface area contributed by atoms with E-state index in [1.807, 2.05) is 6.07 Å². The standard InChI is InChI=1S/C24H21BrN2O5S/c25-19-8-11-22(21(16-19)23(28)17-4-2-1-3-5-17)26-24(29)18-6-9-20(10-7-18)33(30,31)27-12-14-32-15-13-27/h1-11,16H,12-15H2,(H,26,29). The fourth-order valence-electron chi connectivity index (χ4n) is 3.47. The van der Waals surface area contributed by atoms with Crippen LogP contribution in [0.2, 0.25) is 0 Å². The van der Waals surface area contributed by atoms with Gasteiger partial charge in [0.15, 0.2) is 5.78 Å². The van der Waals surface area contributed by atoms with Gasteiger partial charge in [0.05, 0.1) is 23.8 Å². The SMILES string of the molecule is O=C(Nc1ccc(Br)cc1C(=O)c1ccccc1)c1ccc(S(=O)(=O)N2CCOCC2)cc1. The zero-order valence-electron chi connectivity index (χ0n) is 17.5. The zero-order chi connectivity index (χ0) is 23.4. The Labute approximate surface area is 200 Å². The van der Waals surface area contributed by atoms with Crippen molar-refractivity contribution in [2.75, 3.05) is 31.6 Å². The molecule has 0 spiro atoms. The monoisotopic (exact) mass is 528 g/mol. The number of hydrogen-bond donors (Lipinski definition) is 1. The van der Waals surface area contributed by atoms with Crippen molar-refractivity contribution in [2.24, 2.45) is 0 Å². The van der Waals surface area contributed by atoms with Gasteiger partial charge in [0.1, 0.15) is 0 Å². The molecule has 1 saturated heterocycles. The van der Waals surface area contributed by atoms with Gasteiger partial charge in [0, 0.05) is 34.3 Å². The van der Waals surface area contributed by atoms with Gasteiger partial charge in [-0.1, -0.05) is 46.3 Å². The number of hydrogen-bond acceptors (Lipinski definition) is 5. The van der Waals surface area contributed by atoms with Crippen LogP contribution in [0.15, 0.2) is 82.2 Å². The van der Waals surface area contributed by atoms with Crippen molar-refractivity contribution < 1.29 is 22.7 Å². The van der Waals surface area contributed by atoms with Crippen LogP contribution in [0.1, 0.15) is 26.3 Å². The fourth-order valence-corrected chi connectivity index (χ4v) is 5.24. The number of anilines is 1. The number of ketones is 1. The summed E-state index contributed by atoms with van der Waals surface area (Å²) in [6, 6.07) is 19.6. The second kappa shape index (κ2) is 9.96. The van der Waals surface area contributed by atoms with Gasteiger partial charge < -0.3 is 10.1 Å². The molecule has 170 valence electrons. The normalized spacial score (nSPS) is 14.6. The Morgan fingerprint density at radius 2 is 1.55 bits per heavy atom. The van der Waals surface area contributed by atoms with Crippen molar-refractivity contribution >= 4 is 43.3 Å². The van der Waals surface area contributed by atoms with E-state index in [1.54, 1.807) is 42.5 Å². The third kappa shape index (κ3) is 5.22. The summed E-state index contributed by atoms with van der Waals surface area (Å²) < 4.78 is 32.8. The summed E-state index contributed by atoms with van der Waals surface area (Å²) in [7, 11) is -3.64. The van der Waals surface area contributed by atoms with Crippen molar-refractivity contribution in [1.82, 2.24) is 4.31 Å². The fraction of sp³-hybridized carbons (Fsp3) is 0.167. The molecule has 3 aromatic carbocycles. The molecule has 0 bridgehead atoms. The van der Waals surface area contributed by atoms with E-state index in [2.05, 4.69) is 21.2 Å². The third-order valence-electron chi connectivity index (χ3n) is 5.23. The lowest BCUT2D eigenvalue weighted by atomic mass is 10.0. The van der Waals surface area contributed by atoms with E-state index < -0.39 is 15.9 Å². The maximum absolute atomic E-state index is 13.0. The van der Waals surface area contributed by atoms with E-state index >= 15 is 0 Å². The third-order valence-corrected chi connectivity index (χ3v) is 7.64. The minimum absolute atomic E-state index is 0.115. The smallest absolute Gasteiger partial charge is 0.255 e. The van der Waals surface area contributed by atoms with Gasteiger partial charge in [-0.3, -0.25) is 9.59 Å². The van der Waals surface area contributed by atoms with Crippen molar-refractivity contribution in [1.29, 1.82) is 0 Å². The minimum Gasteiger partial charge on any atom is -0.379 e. The molecule has 9 heteroatoms. The molecule has 0 aromatic heterocycles. The topological polar surface area (TPSA) is 92.8 Å². The lowest BCUT2D eigenvalue weighted by Crippen LogP contribution is -2.40. The van der Waals surface area contributed by atoms with Gasteiger partial charge in [-0.25, -0.2) is 8.42 Å². The highest BCUT2D eigenvalue weighted by molar-refractivity contribution is 9.10. The first-order valence-electron chi connectivity index (χ1n) is 10.2. The number of rotatable bonds is 6. The number of ether oxygens (including phenoxy) is 1. The van der Waals surface area contributed by atoms with Crippen LogP contribution >= 0.6 is 15.9 Å². The lowest BCUT2D eigenvalue weighted by molar-refractivity contribution is 0.0730. The molecule has 7 nitrogen and oxygen atoms in total. The highest BCUT2D eigenvalue weighted by Gasteiger charge is 2.26. The average Bonchev–Trinajstić information content (AvgIpc) is 2.85. The molecular formula is C24H21BrN2O5S. The molecule has 1 N–H and O–H groups in total. The highest BCUT2D eigenvalue weighted by atomic mass is 79.9. The minimum atomic E-state index is -3.64. The number of carbonyl (C=O) groups is 2. The van der Waals surface area contributed by atoms with E-state index in [-0.39, 0.29) is 16.2 Å². The van der Waals surface area contributed by atoms with Gasteiger partial charge in [-0.2, -0.15) is 4.31 Å². The number of morpholine rings is 1. The Kier molecular flexibility index (Phi) is 7.04. The van der Waals surface area contributed by atoms with E-state index in [0.29, 0.717) is 47.6 Å². The molecule has 0 atom stereocenters. The molecule has 0 radical (unpaired) electrons. The van der Waals surface area contributed by atoms with Gasteiger partial charge >= 0.3 is 0 Å². The number of amides is 1. The second-order valence-corrected chi connectivity index (χ2v) is 10.2. The van der Waals surface area contributed by atoms with E-state index in [4.69, 9.17) is 4.74 Å². The molecular weight excluding hydrogens is 508 g/mol. The van der Waals surface area contributed by atoms with Crippen molar-refractivity contribution in [2.45, 2.75) is 4.90 Å². The van der Waals surface area contributed by atoms with Crippen LogP contribution in [0.3, 0.4) is 0 Å². The van der Waals surface area contributed by atoms with Gasteiger partial charge in [-0.15, -0.1) is 0 Å². The number of benzene rings is 3. The van der Waals surface area contributed by atoms with Gasteiger partial charge in [0.2, 0.25) is 10.0 Å². The molecule has 1 amide bonds. The zero-order valence-corrected chi connectivity index (χ0v) is 19.9. The largest absolute Gasteiger partial charge is 0.379 e. The van der Waals surface area contributed by atoms with Crippen LogP contribution < -0.4 is 5.32 Å².